The van der Waals surface area contributed by atoms with Crippen LogP contribution in [0.15, 0.2) is 53.5 Å². The van der Waals surface area contributed by atoms with E-state index in [0.717, 1.165) is 37.7 Å². The Bertz CT molecular complexity index is 895. The minimum absolute atomic E-state index is 0. The maximum absolute atomic E-state index is 4.50. The average Bonchev–Trinajstić information content (AvgIpc) is 2.98. The van der Waals surface area contributed by atoms with Crippen molar-refractivity contribution in [2.24, 2.45) is 4.99 Å². The molecule has 27 heavy (non-hydrogen) atoms. The summed E-state index contributed by atoms with van der Waals surface area (Å²) < 4.78 is 2.06. The second-order valence-corrected chi connectivity index (χ2v) is 6.49. The van der Waals surface area contributed by atoms with Gasteiger partial charge in [0.2, 0.25) is 0 Å². The van der Waals surface area contributed by atoms with Gasteiger partial charge in [-0.2, -0.15) is 5.10 Å². The van der Waals surface area contributed by atoms with Crippen LogP contribution in [0.25, 0.3) is 10.8 Å². The van der Waals surface area contributed by atoms with Crippen molar-refractivity contribution in [2.75, 3.05) is 13.6 Å². The molecule has 144 valence electrons. The van der Waals surface area contributed by atoms with Crippen LogP contribution >= 0.6 is 24.0 Å². The highest BCUT2D eigenvalue weighted by Crippen LogP contribution is 2.18. The van der Waals surface area contributed by atoms with Gasteiger partial charge in [-0.05, 0) is 42.7 Å². The number of aliphatic imine (C=N–C) groups is 1. The predicted molar refractivity (Wildman–Crippen MR) is 124 cm³/mol. The molecule has 0 saturated heterocycles. The van der Waals surface area contributed by atoms with Crippen molar-refractivity contribution >= 4 is 40.7 Å². The Kier molecular flexibility index (Phi) is 8.09. The van der Waals surface area contributed by atoms with Crippen molar-refractivity contribution < 1.29 is 0 Å². The molecule has 0 aliphatic rings. The number of hydrogen-bond acceptors (Lipinski definition) is 2. The Morgan fingerprint density at radius 3 is 2.59 bits per heavy atom. The van der Waals surface area contributed by atoms with E-state index in [4.69, 9.17) is 0 Å². The zero-order chi connectivity index (χ0) is 18.4. The molecule has 0 radical (unpaired) electrons. The topological polar surface area (TPSA) is 54.2 Å². The zero-order valence-electron chi connectivity index (χ0n) is 16.2. The number of fused-ring (bicyclic) bond motifs is 1. The predicted octanol–water partition coefficient (Wildman–Crippen LogP) is 4.03. The van der Waals surface area contributed by atoms with Crippen molar-refractivity contribution in [1.29, 1.82) is 0 Å². The van der Waals surface area contributed by atoms with Crippen LogP contribution in [0.2, 0.25) is 0 Å². The van der Waals surface area contributed by atoms with Crippen LogP contribution in [0.5, 0.6) is 0 Å². The van der Waals surface area contributed by atoms with Crippen LogP contribution < -0.4 is 10.6 Å². The maximum atomic E-state index is 4.50. The highest BCUT2D eigenvalue weighted by molar-refractivity contribution is 14.0. The van der Waals surface area contributed by atoms with Crippen molar-refractivity contribution in [1.82, 2.24) is 20.4 Å². The van der Waals surface area contributed by atoms with Gasteiger partial charge in [0.15, 0.2) is 5.96 Å². The lowest BCUT2D eigenvalue weighted by molar-refractivity contribution is 0.555. The molecule has 6 heteroatoms. The second-order valence-electron chi connectivity index (χ2n) is 6.49. The smallest absolute Gasteiger partial charge is 0.191 e. The summed E-state index contributed by atoms with van der Waals surface area (Å²) in [7, 11) is 1.81. The monoisotopic (exact) mass is 477 g/mol. The van der Waals surface area contributed by atoms with Gasteiger partial charge < -0.3 is 10.6 Å². The Morgan fingerprint density at radius 2 is 1.85 bits per heavy atom. The van der Waals surface area contributed by atoms with Gasteiger partial charge >= 0.3 is 0 Å². The van der Waals surface area contributed by atoms with Gasteiger partial charge in [-0.1, -0.05) is 42.5 Å². The molecular weight excluding hydrogens is 449 g/mol. The van der Waals surface area contributed by atoms with Crippen molar-refractivity contribution in [3.63, 3.8) is 0 Å². The summed E-state index contributed by atoms with van der Waals surface area (Å²) >= 11 is 0. The van der Waals surface area contributed by atoms with Crippen LogP contribution in [0.3, 0.4) is 0 Å². The Hall–Kier alpha value is -2.09. The summed E-state index contributed by atoms with van der Waals surface area (Å²) in [5.41, 5.74) is 3.55. The molecular formula is C21H28IN5. The first-order valence-electron chi connectivity index (χ1n) is 9.09. The summed E-state index contributed by atoms with van der Waals surface area (Å²) in [4.78, 5) is 4.32. The third kappa shape index (κ3) is 5.69. The largest absolute Gasteiger partial charge is 0.356 e. The fourth-order valence-electron chi connectivity index (χ4n) is 3.18. The number of guanidine groups is 1. The minimum atomic E-state index is 0. The number of aromatic nitrogens is 2. The molecule has 3 aromatic rings. The Morgan fingerprint density at radius 1 is 1.07 bits per heavy atom. The zero-order valence-corrected chi connectivity index (χ0v) is 18.5. The van der Waals surface area contributed by atoms with Gasteiger partial charge in [0.1, 0.15) is 0 Å². The van der Waals surface area contributed by atoms with Crippen LogP contribution in [0.4, 0.5) is 0 Å². The summed E-state index contributed by atoms with van der Waals surface area (Å²) in [6, 6.07) is 17.0. The molecule has 1 heterocycles. The number of halogens is 1. The minimum Gasteiger partial charge on any atom is -0.356 e. The number of nitrogens with zero attached hydrogens (tertiary/aromatic N) is 3. The molecule has 0 aliphatic heterocycles. The standard InChI is InChI=1S/C21H27N5.HI/c1-16-14-17(2)26(25-16)13-7-12-23-21(22-3)24-15-19-10-6-9-18-8-4-5-11-20(18)19;/h4-6,8-11,14H,7,12-13,15H2,1-3H3,(H2,22,23,24);1H. The molecule has 0 atom stereocenters. The van der Waals surface area contributed by atoms with Crippen molar-refractivity contribution in [3.8, 4) is 0 Å². The SMILES string of the molecule is CN=C(NCCCn1nc(C)cc1C)NCc1cccc2ccccc12.I. The lowest BCUT2D eigenvalue weighted by Crippen LogP contribution is -2.37. The molecule has 0 fully saturated rings. The normalized spacial score (nSPS) is 11.3. The van der Waals surface area contributed by atoms with E-state index in [0.29, 0.717) is 0 Å². The Labute approximate surface area is 178 Å². The van der Waals surface area contributed by atoms with Crippen molar-refractivity contribution in [2.45, 2.75) is 33.4 Å². The molecule has 2 N–H and O–H groups in total. The van der Waals surface area contributed by atoms with Gasteiger partial charge in [0.05, 0.1) is 5.69 Å². The van der Waals surface area contributed by atoms with E-state index >= 15 is 0 Å². The van der Waals surface area contributed by atoms with E-state index in [1.54, 1.807) is 7.05 Å². The maximum Gasteiger partial charge on any atom is 0.191 e. The fourth-order valence-corrected chi connectivity index (χ4v) is 3.18. The van der Waals surface area contributed by atoms with Crippen LogP contribution in [-0.4, -0.2) is 29.3 Å². The molecule has 0 amide bonds. The molecule has 2 aromatic carbocycles. The number of nitrogens with one attached hydrogen (secondary N) is 2. The molecule has 5 nitrogen and oxygen atoms in total. The van der Waals surface area contributed by atoms with E-state index in [1.165, 1.54) is 22.0 Å². The van der Waals surface area contributed by atoms with Crippen molar-refractivity contribution in [3.05, 3.63) is 65.5 Å². The molecule has 3 rings (SSSR count). The second kappa shape index (κ2) is 10.3. The summed E-state index contributed by atoms with van der Waals surface area (Å²) in [6.45, 7) is 6.64. The summed E-state index contributed by atoms with van der Waals surface area (Å²) in [5, 5.41) is 13.8. The quantitative estimate of drug-likeness (QED) is 0.244. The molecule has 0 saturated carbocycles. The summed E-state index contributed by atoms with van der Waals surface area (Å²) in [6.07, 6.45) is 0.997. The fraction of sp³-hybridized carbons (Fsp3) is 0.333. The number of rotatable bonds is 6. The summed E-state index contributed by atoms with van der Waals surface area (Å²) in [5.74, 6) is 0.825. The van der Waals surface area contributed by atoms with Crippen LogP contribution in [0.1, 0.15) is 23.4 Å². The van der Waals surface area contributed by atoms with Gasteiger partial charge in [-0.15, -0.1) is 24.0 Å². The van der Waals surface area contributed by atoms with Crippen LogP contribution in [0, 0.1) is 13.8 Å². The third-order valence-corrected chi connectivity index (χ3v) is 4.49. The van der Waals surface area contributed by atoms with E-state index in [9.17, 15) is 0 Å². The van der Waals surface area contributed by atoms with Gasteiger partial charge in [-0.25, -0.2) is 0 Å². The third-order valence-electron chi connectivity index (χ3n) is 4.49. The first-order valence-corrected chi connectivity index (χ1v) is 9.09. The first-order chi connectivity index (χ1) is 12.7. The molecule has 1 aromatic heterocycles. The van der Waals surface area contributed by atoms with Gasteiger partial charge in [-0.3, -0.25) is 9.67 Å². The number of hydrogen-bond donors (Lipinski definition) is 2. The molecule has 0 spiro atoms. The van der Waals surface area contributed by atoms with Crippen LogP contribution in [-0.2, 0) is 13.1 Å². The molecule has 0 aliphatic carbocycles. The first kappa shape index (κ1) is 21.2. The Balaban J connectivity index is 0.00000261. The van der Waals surface area contributed by atoms with E-state index in [2.05, 4.69) is 80.9 Å². The molecule has 0 bridgehead atoms. The van der Waals surface area contributed by atoms with E-state index < -0.39 is 0 Å². The van der Waals surface area contributed by atoms with E-state index in [-0.39, 0.29) is 24.0 Å². The number of aryl methyl sites for hydroxylation is 3. The van der Waals surface area contributed by atoms with E-state index in [1.807, 2.05) is 6.92 Å². The van der Waals surface area contributed by atoms with Gasteiger partial charge in [0.25, 0.3) is 0 Å². The average molecular weight is 477 g/mol. The van der Waals surface area contributed by atoms with Gasteiger partial charge in [0, 0.05) is 32.4 Å². The lowest BCUT2D eigenvalue weighted by atomic mass is 10.0. The number of benzene rings is 2. The highest BCUT2D eigenvalue weighted by atomic mass is 127. The lowest BCUT2D eigenvalue weighted by Gasteiger charge is -2.13. The molecule has 0 unspecified atom stereocenters. The highest BCUT2D eigenvalue weighted by Gasteiger charge is 2.03.